The minimum atomic E-state index is -0.385. The molecule has 1 fully saturated rings. The van der Waals surface area contributed by atoms with Gasteiger partial charge in [0, 0.05) is 50.0 Å². The highest BCUT2D eigenvalue weighted by Crippen LogP contribution is 2.27. The minimum absolute atomic E-state index is 0.233. The molecule has 3 aromatic rings. The predicted octanol–water partition coefficient (Wildman–Crippen LogP) is 3.60. The molecule has 3 heterocycles. The van der Waals surface area contributed by atoms with Crippen LogP contribution in [0.15, 0.2) is 42.7 Å². The van der Waals surface area contributed by atoms with E-state index in [2.05, 4.69) is 25.0 Å². The van der Waals surface area contributed by atoms with Crippen molar-refractivity contribution < 1.29 is 9.13 Å². The van der Waals surface area contributed by atoms with Gasteiger partial charge in [-0.25, -0.2) is 9.37 Å². The molecule has 1 saturated heterocycles. The van der Waals surface area contributed by atoms with E-state index in [0.29, 0.717) is 5.02 Å². The van der Waals surface area contributed by atoms with Gasteiger partial charge >= 0.3 is 0 Å². The molecule has 0 radical (unpaired) electrons. The van der Waals surface area contributed by atoms with E-state index in [1.54, 1.807) is 12.3 Å². The smallest absolute Gasteiger partial charge is 0.165 e. The fourth-order valence-electron chi connectivity index (χ4n) is 3.43. The molecule has 0 saturated carbocycles. The summed E-state index contributed by atoms with van der Waals surface area (Å²) in [6.45, 7) is 4.34. The van der Waals surface area contributed by atoms with Crippen LogP contribution in [0.3, 0.4) is 0 Å². The van der Waals surface area contributed by atoms with Crippen LogP contribution in [-0.2, 0) is 6.54 Å². The van der Waals surface area contributed by atoms with Crippen molar-refractivity contribution in [3.8, 4) is 17.0 Å². The van der Waals surface area contributed by atoms with Crippen molar-refractivity contribution in [2.75, 3.05) is 38.2 Å². The van der Waals surface area contributed by atoms with E-state index in [9.17, 15) is 4.39 Å². The van der Waals surface area contributed by atoms with Crippen molar-refractivity contribution in [1.29, 1.82) is 0 Å². The second-order valence-corrected chi connectivity index (χ2v) is 7.15. The molecule has 1 N–H and O–H groups in total. The first kappa shape index (κ1) is 18.7. The molecular formula is C20H21ClFN5O. The van der Waals surface area contributed by atoms with Crippen LogP contribution in [0.1, 0.15) is 5.56 Å². The van der Waals surface area contributed by atoms with Crippen LogP contribution in [0.4, 0.5) is 10.2 Å². The van der Waals surface area contributed by atoms with Gasteiger partial charge in [-0.1, -0.05) is 11.6 Å². The molecule has 0 amide bonds. The zero-order valence-electron chi connectivity index (χ0n) is 15.5. The third kappa shape index (κ3) is 3.95. The number of ether oxygens (including phenoxy) is 1. The maximum Gasteiger partial charge on any atom is 0.165 e. The third-order valence-corrected chi connectivity index (χ3v) is 5.18. The number of hydrogen-bond acceptors (Lipinski definition) is 5. The van der Waals surface area contributed by atoms with Gasteiger partial charge in [0.1, 0.15) is 5.82 Å². The summed E-state index contributed by atoms with van der Waals surface area (Å²) in [5, 5.41) is 7.81. The largest absolute Gasteiger partial charge is 0.494 e. The fourth-order valence-corrected chi connectivity index (χ4v) is 3.55. The summed E-state index contributed by atoms with van der Waals surface area (Å²) in [7, 11) is 1.46. The molecule has 0 atom stereocenters. The number of H-pyrrole nitrogens is 1. The number of aromatic nitrogens is 3. The Morgan fingerprint density at radius 3 is 2.64 bits per heavy atom. The first-order valence-electron chi connectivity index (χ1n) is 9.09. The average Bonchev–Trinajstić information content (AvgIpc) is 3.17. The lowest BCUT2D eigenvalue weighted by molar-refractivity contribution is 0.249. The maximum atomic E-state index is 14.1. The van der Waals surface area contributed by atoms with E-state index in [4.69, 9.17) is 16.3 Å². The van der Waals surface area contributed by atoms with Gasteiger partial charge in [-0.2, -0.15) is 5.10 Å². The van der Waals surface area contributed by atoms with Crippen molar-refractivity contribution in [3.63, 3.8) is 0 Å². The molecule has 1 aliphatic heterocycles. The van der Waals surface area contributed by atoms with Crippen LogP contribution >= 0.6 is 11.6 Å². The summed E-state index contributed by atoms with van der Waals surface area (Å²) < 4.78 is 19.1. The Morgan fingerprint density at radius 2 is 1.96 bits per heavy atom. The van der Waals surface area contributed by atoms with E-state index in [1.165, 1.54) is 13.2 Å². The van der Waals surface area contributed by atoms with Crippen LogP contribution in [0.2, 0.25) is 5.02 Å². The monoisotopic (exact) mass is 401 g/mol. The fraction of sp³-hybridized carbons (Fsp3) is 0.300. The molecule has 6 nitrogen and oxygen atoms in total. The molecule has 1 aliphatic rings. The van der Waals surface area contributed by atoms with Crippen LogP contribution in [0.5, 0.6) is 5.75 Å². The number of benzene rings is 1. The Balaban J connectivity index is 1.42. The summed E-state index contributed by atoms with van der Waals surface area (Å²) in [6, 6.07) is 8.75. The summed E-state index contributed by atoms with van der Waals surface area (Å²) >= 11 is 5.92. The normalized spacial score (nSPS) is 15.0. The van der Waals surface area contributed by atoms with Gasteiger partial charge in [-0.3, -0.25) is 10.00 Å². The van der Waals surface area contributed by atoms with Crippen molar-refractivity contribution >= 4 is 17.4 Å². The van der Waals surface area contributed by atoms with Crippen molar-refractivity contribution in [3.05, 3.63) is 59.1 Å². The second-order valence-electron chi connectivity index (χ2n) is 6.72. The van der Waals surface area contributed by atoms with Crippen LogP contribution in [0.25, 0.3) is 11.3 Å². The van der Waals surface area contributed by atoms with Crippen molar-refractivity contribution in [1.82, 2.24) is 20.1 Å². The topological polar surface area (TPSA) is 57.3 Å². The molecule has 4 rings (SSSR count). The number of anilines is 1. The van der Waals surface area contributed by atoms with Crippen LogP contribution < -0.4 is 9.64 Å². The van der Waals surface area contributed by atoms with Gasteiger partial charge < -0.3 is 9.64 Å². The van der Waals surface area contributed by atoms with E-state index >= 15 is 0 Å². The number of aromatic amines is 1. The van der Waals surface area contributed by atoms with Crippen molar-refractivity contribution in [2.45, 2.75) is 6.54 Å². The number of methoxy groups -OCH3 is 1. The molecule has 8 heteroatoms. The Morgan fingerprint density at radius 1 is 1.14 bits per heavy atom. The Labute approximate surface area is 167 Å². The summed E-state index contributed by atoms with van der Waals surface area (Å²) in [6.07, 6.45) is 3.49. The van der Waals surface area contributed by atoms with Gasteiger partial charge in [-0.05, 0) is 30.3 Å². The van der Waals surface area contributed by atoms with Crippen LogP contribution in [-0.4, -0.2) is 53.4 Å². The summed E-state index contributed by atoms with van der Waals surface area (Å²) in [5.74, 6) is 0.795. The third-order valence-electron chi connectivity index (χ3n) is 4.96. The van der Waals surface area contributed by atoms with E-state index in [-0.39, 0.29) is 11.6 Å². The molecule has 28 heavy (non-hydrogen) atoms. The van der Waals surface area contributed by atoms with Gasteiger partial charge in [0.2, 0.25) is 0 Å². The number of halogens is 2. The van der Waals surface area contributed by atoms with E-state index in [0.717, 1.165) is 55.4 Å². The van der Waals surface area contributed by atoms with E-state index in [1.807, 2.05) is 24.4 Å². The Kier molecular flexibility index (Phi) is 5.45. The second kappa shape index (κ2) is 8.16. The number of pyridine rings is 1. The minimum Gasteiger partial charge on any atom is -0.494 e. The Bertz CT molecular complexity index is 938. The highest BCUT2D eigenvalue weighted by molar-refractivity contribution is 6.30. The lowest BCUT2D eigenvalue weighted by atomic mass is 10.1. The first-order chi connectivity index (χ1) is 13.6. The zero-order valence-corrected chi connectivity index (χ0v) is 16.3. The van der Waals surface area contributed by atoms with Crippen LogP contribution in [0, 0.1) is 5.82 Å². The number of rotatable bonds is 5. The SMILES string of the molecule is COc1ccc(-c2[nH]ncc2CN2CCN(c3ccc(Cl)cn3)CC2)cc1F. The van der Waals surface area contributed by atoms with Crippen molar-refractivity contribution in [2.24, 2.45) is 0 Å². The van der Waals surface area contributed by atoms with E-state index < -0.39 is 0 Å². The number of piperazine rings is 1. The summed E-state index contributed by atoms with van der Waals surface area (Å²) in [5.41, 5.74) is 2.64. The Hall–Kier alpha value is -2.64. The number of nitrogens with zero attached hydrogens (tertiary/aromatic N) is 4. The molecule has 0 aliphatic carbocycles. The molecule has 0 bridgehead atoms. The first-order valence-corrected chi connectivity index (χ1v) is 9.47. The summed E-state index contributed by atoms with van der Waals surface area (Å²) in [4.78, 5) is 9.01. The molecule has 2 aromatic heterocycles. The van der Waals surface area contributed by atoms with Gasteiger partial charge in [-0.15, -0.1) is 0 Å². The molecular weight excluding hydrogens is 381 g/mol. The quantitative estimate of drug-likeness (QED) is 0.708. The molecule has 0 unspecified atom stereocenters. The number of nitrogens with one attached hydrogen (secondary N) is 1. The average molecular weight is 402 g/mol. The number of hydrogen-bond donors (Lipinski definition) is 1. The lowest BCUT2D eigenvalue weighted by Gasteiger charge is -2.35. The van der Waals surface area contributed by atoms with Gasteiger partial charge in [0.15, 0.2) is 11.6 Å². The lowest BCUT2D eigenvalue weighted by Crippen LogP contribution is -2.46. The predicted molar refractivity (Wildman–Crippen MR) is 107 cm³/mol. The zero-order chi connectivity index (χ0) is 19.5. The van der Waals surface area contributed by atoms with Gasteiger partial charge in [0.25, 0.3) is 0 Å². The molecule has 146 valence electrons. The standard InChI is InChI=1S/C20H21ClFN5O/c1-28-18-4-2-14(10-17(18)22)20-15(11-24-25-20)13-26-6-8-27(9-7-26)19-5-3-16(21)12-23-19/h2-5,10-12H,6-9,13H2,1H3,(H,24,25). The molecule has 0 spiro atoms. The highest BCUT2D eigenvalue weighted by atomic mass is 35.5. The molecule has 1 aromatic carbocycles. The highest BCUT2D eigenvalue weighted by Gasteiger charge is 2.20. The van der Waals surface area contributed by atoms with Gasteiger partial charge in [0.05, 0.1) is 24.0 Å². The maximum absolute atomic E-state index is 14.1.